The number of amides is 1. The highest BCUT2D eigenvalue weighted by Crippen LogP contribution is 2.32. The normalized spacial score (nSPS) is 19.5. The van der Waals surface area contributed by atoms with E-state index >= 15 is 0 Å². The molecule has 2 aliphatic rings. The molecule has 0 bridgehead atoms. The predicted octanol–water partition coefficient (Wildman–Crippen LogP) is 3.61. The summed E-state index contributed by atoms with van der Waals surface area (Å²) in [5, 5.41) is 14.6. The second-order valence-electron chi connectivity index (χ2n) is 8.47. The zero-order valence-electron chi connectivity index (χ0n) is 18.4. The molecule has 0 radical (unpaired) electrons. The molecule has 1 amide bonds. The van der Waals surface area contributed by atoms with Gasteiger partial charge in [-0.3, -0.25) is 14.9 Å². The van der Waals surface area contributed by atoms with Gasteiger partial charge in [-0.15, -0.1) is 0 Å². The van der Waals surface area contributed by atoms with Crippen LogP contribution in [0.15, 0.2) is 48.5 Å². The molecule has 0 aliphatic carbocycles. The summed E-state index contributed by atoms with van der Waals surface area (Å²) >= 11 is 0. The quantitative estimate of drug-likeness (QED) is 0.548. The molecule has 2 aromatic rings. The fourth-order valence-corrected chi connectivity index (χ4v) is 4.79. The van der Waals surface area contributed by atoms with Crippen LogP contribution >= 0.6 is 0 Å². The first kappa shape index (κ1) is 21.9. The van der Waals surface area contributed by atoms with Crippen LogP contribution in [0.1, 0.15) is 25.7 Å². The van der Waals surface area contributed by atoms with Gasteiger partial charge in [0.25, 0.3) is 5.69 Å². The van der Waals surface area contributed by atoms with E-state index in [0.29, 0.717) is 31.6 Å². The van der Waals surface area contributed by atoms with E-state index < -0.39 is 0 Å². The van der Waals surface area contributed by atoms with Gasteiger partial charge in [0.2, 0.25) is 5.91 Å². The molecular weight excluding hydrogens is 408 g/mol. The minimum Gasteiger partial charge on any atom is -0.495 e. The van der Waals surface area contributed by atoms with E-state index in [1.807, 2.05) is 29.2 Å². The number of piperidine rings is 2. The van der Waals surface area contributed by atoms with Crippen molar-refractivity contribution in [3.63, 3.8) is 0 Å². The minimum absolute atomic E-state index is 0.0596. The van der Waals surface area contributed by atoms with Crippen molar-refractivity contribution in [1.82, 2.24) is 5.32 Å². The van der Waals surface area contributed by atoms with Crippen molar-refractivity contribution >= 4 is 23.0 Å². The van der Waals surface area contributed by atoms with E-state index in [0.717, 1.165) is 37.4 Å². The molecule has 2 saturated heterocycles. The van der Waals surface area contributed by atoms with Crippen LogP contribution in [0, 0.1) is 16.0 Å². The summed E-state index contributed by atoms with van der Waals surface area (Å²) in [5.41, 5.74) is 1.82. The number of ether oxygens (including phenoxy) is 1. The van der Waals surface area contributed by atoms with Gasteiger partial charge in [-0.2, -0.15) is 0 Å². The summed E-state index contributed by atoms with van der Waals surface area (Å²) < 4.78 is 5.50. The van der Waals surface area contributed by atoms with Gasteiger partial charge in [0.15, 0.2) is 0 Å². The zero-order valence-corrected chi connectivity index (χ0v) is 18.4. The maximum absolute atomic E-state index is 13.0. The van der Waals surface area contributed by atoms with E-state index in [1.165, 1.54) is 6.07 Å². The molecule has 170 valence electrons. The molecule has 2 aliphatic heterocycles. The van der Waals surface area contributed by atoms with Gasteiger partial charge in [0.05, 0.1) is 17.7 Å². The van der Waals surface area contributed by atoms with E-state index in [1.54, 1.807) is 19.2 Å². The van der Waals surface area contributed by atoms with E-state index in [-0.39, 0.29) is 28.5 Å². The van der Waals surface area contributed by atoms with Crippen LogP contribution in [0.5, 0.6) is 5.75 Å². The van der Waals surface area contributed by atoms with Crippen LogP contribution in [0.2, 0.25) is 0 Å². The Morgan fingerprint density at radius 1 is 1.00 bits per heavy atom. The first-order valence-corrected chi connectivity index (χ1v) is 11.2. The number of para-hydroxylation sites is 4. The number of nitro benzene ring substituents is 1. The number of benzene rings is 2. The Bertz CT molecular complexity index is 959. The van der Waals surface area contributed by atoms with Gasteiger partial charge in [0, 0.05) is 44.2 Å². The Balaban J connectivity index is 1.33. The number of methoxy groups -OCH3 is 1. The summed E-state index contributed by atoms with van der Waals surface area (Å²) in [6.07, 6.45) is 3.37. The molecule has 1 N–H and O–H groups in total. The standard InChI is InChI=1S/C24H30N4O4/c1-32-23-11-5-4-10-22(23)27-14-6-7-19(17-27)25-24(29)18-12-15-26(16-13-18)20-8-2-3-9-21(20)28(30)31/h2-5,8-11,18-19H,6-7,12-17H2,1H3,(H,25,29). The van der Waals surface area contributed by atoms with Gasteiger partial charge in [-0.05, 0) is 43.9 Å². The van der Waals surface area contributed by atoms with E-state index in [2.05, 4.69) is 16.3 Å². The number of nitrogens with one attached hydrogen (secondary N) is 1. The smallest absolute Gasteiger partial charge is 0.292 e. The topological polar surface area (TPSA) is 88.0 Å². The molecule has 1 unspecified atom stereocenters. The molecule has 4 rings (SSSR count). The summed E-state index contributed by atoms with van der Waals surface area (Å²) in [4.78, 5) is 28.3. The average Bonchev–Trinajstić information content (AvgIpc) is 2.84. The van der Waals surface area contributed by atoms with Crippen LogP contribution in [-0.2, 0) is 4.79 Å². The SMILES string of the molecule is COc1ccccc1N1CCCC(NC(=O)C2CCN(c3ccccc3[N+](=O)[O-])CC2)C1. The van der Waals surface area contributed by atoms with Crippen molar-refractivity contribution in [2.75, 3.05) is 43.1 Å². The number of carbonyl (C=O) groups excluding carboxylic acids is 1. The fourth-order valence-electron chi connectivity index (χ4n) is 4.79. The van der Waals surface area contributed by atoms with Crippen molar-refractivity contribution in [2.45, 2.75) is 31.7 Å². The van der Waals surface area contributed by atoms with E-state index in [9.17, 15) is 14.9 Å². The van der Waals surface area contributed by atoms with Gasteiger partial charge in [0.1, 0.15) is 11.4 Å². The van der Waals surface area contributed by atoms with Crippen molar-refractivity contribution in [3.8, 4) is 5.75 Å². The molecule has 32 heavy (non-hydrogen) atoms. The Morgan fingerprint density at radius 2 is 1.69 bits per heavy atom. The van der Waals surface area contributed by atoms with Crippen LogP contribution in [-0.4, -0.2) is 50.2 Å². The Morgan fingerprint density at radius 3 is 2.41 bits per heavy atom. The maximum Gasteiger partial charge on any atom is 0.292 e. The van der Waals surface area contributed by atoms with Crippen molar-refractivity contribution in [3.05, 3.63) is 58.6 Å². The number of hydrogen-bond acceptors (Lipinski definition) is 6. The molecular formula is C24H30N4O4. The maximum atomic E-state index is 13.0. The third-order valence-electron chi connectivity index (χ3n) is 6.48. The molecule has 1 atom stereocenters. The lowest BCUT2D eigenvalue weighted by Gasteiger charge is -2.37. The first-order valence-electron chi connectivity index (χ1n) is 11.2. The van der Waals surface area contributed by atoms with Gasteiger partial charge in [-0.25, -0.2) is 0 Å². The molecule has 2 aromatic carbocycles. The van der Waals surface area contributed by atoms with Gasteiger partial charge >= 0.3 is 0 Å². The largest absolute Gasteiger partial charge is 0.495 e. The summed E-state index contributed by atoms with van der Waals surface area (Å²) in [6, 6.07) is 14.9. The lowest BCUT2D eigenvalue weighted by atomic mass is 9.94. The van der Waals surface area contributed by atoms with Crippen molar-refractivity contribution < 1.29 is 14.5 Å². The highest BCUT2D eigenvalue weighted by atomic mass is 16.6. The highest BCUT2D eigenvalue weighted by Gasteiger charge is 2.30. The molecule has 8 nitrogen and oxygen atoms in total. The van der Waals surface area contributed by atoms with Crippen LogP contribution in [0.3, 0.4) is 0 Å². The fraction of sp³-hybridized carbons (Fsp3) is 0.458. The summed E-state index contributed by atoms with van der Waals surface area (Å²) in [7, 11) is 1.68. The number of hydrogen-bond donors (Lipinski definition) is 1. The van der Waals surface area contributed by atoms with E-state index in [4.69, 9.17) is 4.74 Å². The predicted molar refractivity (Wildman–Crippen MR) is 124 cm³/mol. The lowest BCUT2D eigenvalue weighted by Crippen LogP contribution is -2.50. The Labute approximate surface area is 188 Å². The monoisotopic (exact) mass is 438 g/mol. The van der Waals surface area contributed by atoms with Gasteiger partial charge < -0.3 is 19.9 Å². The van der Waals surface area contributed by atoms with Crippen LogP contribution < -0.4 is 19.9 Å². The first-order chi connectivity index (χ1) is 15.6. The second-order valence-corrected chi connectivity index (χ2v) is 8.47. The molecule has 8 heteroatoms. The Hall–Kier alpha value is -3.29. The van der Waals surface area contributed by atoms with Crippen molar-refractivity contribution in [2.24, 2.45) is 5.92 Å². The molecule has 0 spiro atoms. The number of nitro groups is 1. The van der Waals surface area contributed by atoms with Crippen molar-refractivity contribution in [1.29, 1.82) is 0 Å². The minimum atomic E-state index is -0.343. The molecule has 2 heterocycles. The second kappa shape index (κ2) is 9.89. The highest BCUT2D eigenvalue weighted by molar-refractivity contribution is 5.79. The number of anilines is 2. The van der Waals surface area contributed by atoms with Crippen LogP contribution in [0.25, 0.3) is 0 Å². The average molecular weight is 439 g/mol. The Kier molecular flexibility index (Phi) is 6.78. The molecule has 0 saturated carbocycles. The lowest BCUT2D eigenvalue weighted by molar-refractivity contribution is -0.384. The number of nitrogens with zero attached hydrogens (tertiary/aromatic N) is 3. The third-order valence-corrected chi connectivity index (χ3v) is 6.48. The van der Waals surface area contributed by atoms with Crippen LogP contribution in [0.4, 0.5) is 17.1 Å². The third kappa shape index (κ3) is 4.79. The number of carbonyl (C=O) groups is 1. The number of rotatable bonds is 6. The summed E-state index contributed by atoms with van der Waals surface area (Å²) in [5.74, 6) is 0.886. The zero-order chi connectivity index (χ0) is 22.5. The molecule has 0 aromatic heterocycles. The summed E-state index contributed by atoms with van der Waals surface area (Å²) in [6.45, 7) is 2.99. The van der Waals surface area contributed by atoms with Gasteiger partial charge in [-0.1, -0.05) is 24.3 Å². The molecule has 2 fully saturated rings.